The van der Waals surface area contributed by atoms with Gasteiger partial charge >= 0.3 is 0 Å². The van der Waals surface area contributed by atoms with Gasteiger partial charge < -0.3 is 0 Å². The zero-order valence-electron chi connectivity index (χ0n) is 7.48. The number of fused-ring (bicyclic) bond motifs is 8. The van der Waals surface area contributed by atoms with Crippen LogP contribution >= 0.6 is 0 Å². The van der Waals surface area contributed by atoms with E-state index in [0.717, 1.165) is 23.7 Å². The van der Waals surface area contributed by atoms with Gasteiger partial charge in [0.05, 0.1) is 0 Å². The fraction of sp³-hybridized carbons (Fsp3) is 0.385. The molecule has 0 unspecified atom stereocenters. The van der Waals surface area contributed by atoms with Crippen LogP contribution in [0.1, 0.15) is 29.4 Å². The van der Waals surface area contributed by atoms with Gasteiger partial charge in [-0.25, -0.2) is 0 Å². The second-order valence-corrected chi connectivity index (χ2v) is 4.63. The van der Waals surface area contributed by atoms with Crippen LogP contribution in [0.2, 0.25) is 0 Å². The van der Waals surface area contributed by atoms with E-state index in [0.29, 0.717) is 0 Å². The highest BCUT2D eigenvalue weighted by Gasteiger charge is 2.52. The van der Waals surface area contributed by atoms with Crippen LogP contribution in [-0.4, -0.2) is 0 Å². The molecular weight excluding hydrogens is 156 g/mol. The van der Waals surface area contributed by atoms with E-state index in [1.54, 1.807) is 11.1 Å². The van der Waals surface area contributed by atoms with Crippen molar-refractivity contribution in [3.8, 4) is 0 Å². The quantitative estimate of drug-likeness (QED) is 0.522. The molecule has 0 nitrogen and oxygen atoms in total. The first-order valence-corrected chi connectivity index (χ1v) is 5.22. The van der Waals surface area contributed by atoms with Gasteiger partial charge in [-0.1, -0.05) is 36.4 Å². The molecule has 3 aliphatic carbocycles. The maximum atomic E-state index is 2.45. The Kier molecular flexibility index (Phi) is 0.935. The van der Waals surface area contributed by atoms with Crippen molar-refractivity contribution in [3.63, 3.8) is 0 Å². The molecule has 1 aromatic rings. The Balaban J connectivity index is 1.93. The van der Waals surface area contributed by atoms with Gasteiger partial charge in [0.15, 0.2) is 0 Å². The molecule has 0 aliphatic heterocycles. The van der Waals surface area contributed by atoms with Crippen molar-refractivity contribution in [2.24, 2.45) is 11.8 Å². The molecule has 2 bridgehead atoms. The van der Waals surface area contributed by atoms with Crippen LogP contribution in [0.15, 0.2) is 36.4 Å². The summed E-state index contributed by atoms with van der Waals surface area (Å²) in [4.78, 5) is 0. The number of hydrogen-bond acceptors (Lipinski definition) is 0. The van der Waals surface area contributed by atoms with Crippen LogP contribution in [0.5, 0.6) is 0 Å². The normalized spacial score (nSPS) is 42.8. The van der Waals surface area contributed by atoms with E-state index in [9.17, 15) is 0 Å². The Morgan fingerprint density at radius 2 is 1.38 bits per heavy atom. The lowest BCUT2D eigenvalue weighted by molar-refractivity contribution is 0.444. The van der Waals surface area contributed by atoms with Crippen molar-refractivity contribution >= 4 is 0 Å². The monoisotopic (exact) mass is 168 g/mol. The van der Waals surface area contributed by atoms with E-state index in [4.69, 9.17) is 0 Å². The third-order valence-electron chi connectivity index (χ3n) is 4.17. The zero-order chi connectivity index (χ0) is 8.41. The van der Waals surface area contributed by atoms with Crippen LogP contribution in [-0.2, 0) is 0 Å². The molecule has 4 atom stereocenters. The highest BCUT2D eigenvalue weighted by atomic mass is 14.6. The molecule has 13 heavy (non-hydrogen) atoms. The van der Waals surface area contributed by atoms with Crippen LogP contribution in [0.4, 0.5) is 0 Å². The van der Waals surface area contributed by atoms with Crippen molar-refractivity contribution < 1.29 is 0 Å². The molecule has 1 aromatic carbocycles. The lowest BCUT2D eigenvalue weighted by Gasteiger charge is -2.40. The second-order valence-electron chi connectivity index (χ2n) is 4.63. The van der Waals surface area contributed by atoms with Crippen LogP contribution < -0.4 is 0 Å². The topological polar surface area (TPSA) is 0 Å². The molecule has 4 rings (SSSR count). The maximum Gasteiger partial charge on any atom is -0.00214 e. The fourth-order valence-corrected chi connectivity index (χ4v) is 3.69. The van der Waals surface area contributed by atoms with Crippen molar-refractivity contribution in [3.05, 3.63) is 47.5 Å². The standard InChI is InChI=1S/C13H12/c1-2-4-11-10(3-1)12-8-5-6-9(7-8)13(11)12/h1-6,8-9,12-13H,7H2/t8-,9+,12-,13+. The first kappa shape index (κ1) is 6.42. The molecule has 0 heteroatoms. The molecule has 64 valence electrons. The predicted octanol–water partition coefficient (Wildman–Crippen LogP) is 3.07. The van der Waals surface area contributed by atoms with Gasteiger partial charge in [-0.2, -0.15) is 0 Å². The van der Waals surface area contributed by atoms with Crippen molar-refractivity contribution in [2.45, 2.75) is 18.3 Å². The summed E-state index contributed by atoms with van der Waals surface area (Å²) >= 11 is 0. The van der Waals surface area contributed by atoms with Crippen molar-refractivity contribution in [1.29, 1.82) is 0 Å². The molecule has 0 heterocycles. The van der Waals surface area contributed by atoms with Gasteiger partial charge in [-0.3, -0.25) is 0 Å². The summed E-state index contributed by atoms with van der Waals surface area (Å²) in [5.41, 5.74) is 3.29. The van der Waals surface area contributed by atoms with Gasteiger partial charge in [-0.05, 0) is 41.2 Å². The van der Waals surface area contributed by atoms with Crippen molar-refractivity contribution in [1.82, 2.24) is 0 Å². The first-order valence-electron chi connectivity index (χ1n) is 5.22. The van der Waals surface area contributed by atoms with E-state index in [1.807, 2.05) is 0 Å². The molecule has 0 saturated heterocycles. The highest BCUT2D eigenvalue weighted by molar-refractivity contribution is 5.51. The first-order chi connectivity index (χ1) is 6.45. The molecule has 3 aliphatic rings. The molecule has 0 spiro atoms. The third-order valence-corrected chi connectivity index (χ3v) is 4.17. The number of benzene rings is 1. The molecule has 0 N–H and O–H groups in total. The Morgan fingerprint density at radius 3 is 1.92 bits per heavy atom. The lowest BCUT2D eigenvalue weighted by atomic mass is 9.63. The third kappa shape index (κ3) is 0.580. The summed E-state index contributed by atoms with van der Waals surface area (Å²) in [7, 11) is 0. The lowest BCUT2D eigenvalue weighted by Crippen LogP contribution is -2.27. The van der Waals surface area contributed by atoms with E-state index >= 15 is 0 Å². The van der Waals surface area contributed by atoms with Crippen LogP contribution in [0.25, 0.3) is 0 Å². The van der Waals surface area contributed by atoms with Crippen LogP contribution in [0.3, 0.4) is 0 Å². The molecule has 0 radical (unpaired) electrons. The number of hydrogen-bond donors (Lipinski definition) is 0. The minimum absolute atomic E-state index is 0.880. The smallest absolute Gasteiger partial charge is 0.00214 e. The molecule has 1 fully saturated rings. The Morgan fingerprint density at radius 1 is 0.846 bits per heavy atom. The van der Waals surface area contributed by atoms with Crippen LogP contribution in [0, 0.1) is 11.8 Å². The number of rotatable bonds is 0. The van der Waals surface area contributed by atoms with Gasteiger partial charge in [-0.15, -0.1) is 0 Å². The minimum Gasteiger partial charge on any atom is -0.0845 e. The van der Waals surface area contributed by atoms with E-state index in [1.165, 1.54) is 6.42 Å². The summed E-state index contributed by atoms with van der Waals surface area (Å²) < 4.78 is 0. The summed E-state index contributed by atoms with van der Waals surface area (Å²) in [6, 6.07) is 9.02. The average Bonchev–Trinajstić information content (AvgIpc) is 2.68. The van der Waals surface area contributed by atoms with Gasteiger partial charge in [0, 0.05) is 0 Å². The van der Waals surface area contributed by atoms with Crippen molar-refractivity contribution in [2.75, 3.05) is 0 Å². The summed E-state index contributed by atoms with van der Waals surface area (Å²) in [5, 5.41) is 0. The van der Waals surface area contributed by atoms with E-state index in [-0.39, 0.29) is 0 Å². The largest absolute Gasteiger partial charge is 0.0845 e. The maximum absolute atomic E-state index is 2.45. The molecular formula is C13H12. The molecule has 0 amide bonds. The molecule has 1 saturated carbocycles. The Hall–Kier alpha value is -1.04. The molecule has 0 aromatic heterocycles. The average molecular weight is 168 g/mol. The van der Waals surface area contributed by atoms with E-state index < -0.39 is 0 Å². The van der Waals surface area contributed by atoms with Gasteiger partial charge in [0.1, 0.15) is 0 Å². The fourth-order valence-electron chi connectivity index (χ4n) is 3.69. The SMILES string of the molecule is C1=C[C@H]2C[C@@H]1[C@@H]1c3ccccc3[C@@H]12. The number of allylic oxidation sites excluding steroid dienone is 2. The minimum atomic E-state index is 0.880. The highest BCUT2D eigenvalue weighted by Crippen LogP contribution is 2.64. The Labute approximate surface area is 78.3 Å². The zero-order valence-corrected chi connectivity index (χ0v) is 7.48. The summed E-state index contributed by atoms with van der Waals surface area (Å²) in [6.07, 6.45) is 6.31. The second kappa shape index (κ2) is 1.89. The van der Waals surface area contributed by atoms with Gasteiger partial charge in [0.25, 0.3) is 0 Å². The van der Waals surface area contributed by atoms with Gasteiger partial charge in [0.2, 0.25) is 0 Å². The Bertz CT molecular complexity index is 365. The predicted molar refractivity (Wildman–Crippen MR) is 52.7 cm³/mol. The summed E-state index contributed by atoms with van der Waals surface area (Å²) in [5.74, 6) is 3.55. The summed E-state index contributed by atoms with van der Waals surface area (Å²) in [6.45, 7) is 0. The van der Waals surface area contributed by atoms with E-state index in [2.05, 4.69) is 36.4 Å².